The highest BCUT2D eigenvalue weighted by molar-refractivity contribution is 8.07. The number of thioether (sulfide) groups is 2. The van der Waals surface area contributed by atoms with E-state index in [0.29, 0.717) is 16.5 Å². The molecule has 1 aromatic heterocycles. The predicted octanol–water partition coefficient (Wildman–Crippen LogP) is 2.71. The molecule has 0 saturated carbocycles. The largest absolute Gasteiger partial charge is 0.493 e. The van der Waals surface area contributed by atoms with Crippen LogP contribution >= 0.6 is 23.5 Å². The molecular formula is C14H25N3OS2. The predicted molar refractivity (Wildman–Crippen MR) is 89.0 cm³/mol. The van der Waals surface area contributed by atoms with Crippen molar-refractivity contribution in [3.8, 4) is 5.75 Å². The third kappa shape index (κ3) is 3.46. The summed E-state index contributed by atoms with van der Waals surface area (Å²) in [6, 6.07) is 0.296. The Labute approximate surface area is 130 Å². The minimum Gasteiger partial charge on any atom is -0.493 e. The first-order valence-electron chi connectivity index (χ1n) is 7.21. The van der Waals surface area contributed by atoms with Crippen molar-refractivity contribution in [3.05, 3.63) is 11.9 Å². The zero-order valence-corrected chi connectivity index (χ0v) is 14.4. The second kappa shape index (κ2) is 7.61. The number of nitrogens with one attached hydrogen (secondary N) is 1. The van der Waals surface area contributed by atoms with Crippen LogP contribution < -0.4 is 10.1 Å². The molecule has 2 heterocycles. The van der Waals surface area contributed by atoms with Crippen LogP contribution in [0.25, 0.3) is 0 Å². The van der Waals surface area contributed by atoms with Gasteiger partial charge in [-0.05, 0) is 13.0 Å². The molecule has 2 rings (SSSR count). The van der Waals surface area contributed by atoms with Crippen LogP contribution in [0.3, 0.4) is 0 Å². The van der Waals surface area contributed by atoms with Gasteiger partial charge >= 0.3 is 0 Å². The van der Waals surface area contributed by atoms with E-state index in [9.17, 15) is 0 Å². The molecule has 0 amide bonds. The lowest BCUT2D eigenvalue weighted by Gasteiger charge is -2.35. The van der Waals surface area contributed by atoms with Gasteiger partial charge in [-0.1, -0.05) is 13.8 Å². The van der Waals surface area contributed by atoms with Crippen LogP contribution in [0.1, 0.15) is 32.0 Å². The molecule has 1 N–H and O–H groups in total. The summed E-state index contributed by atoms with van der Waals surface area (Å²) in [5, 5.41) is 9.29. The molecule has 6 heteroatoms. The smallest absolute Gasteiger partial charge is 0.161 e. The number of rotatable bonds is 6. The summed E-state index contributed by atoms with van der Waals surface area (Å²) >= 11 is 4.15. The van der Waals surface area contributed by atoms with Crippen LogP contribution in [0.4, 0.5) is 0 Å². The van der Waals surface area contributed by atoms with Crippen molar-refractivity contribution >= 4 is 23.5 Å². The minimum absolute atomic E-state index is 0.296. The minimum atomic E-state index is 0.296. The highest BCUT2D eigenvalue weighted by atomic mass is 32.2. The summed E-state index contributed by atoms with van der Waals surface area (Å²) in [7, 11) is 3.73. The summed E-state index contributed by atoms with van der Waals surface area (Å²) < 4.78 is 7.47. The molecule has 0 bridgehead atoms. The molecule has 0 spiro atoms. The third-order valence-corrected chi connectivity index (χ3v) is 6.84. The van der Waals surface area contributed by atoms with Crippen LogP contribution in [0.5, 0.6) is 5.75 Å². The monoisotopic (exact) mass is 315 g/mol. The van der Waals surface area contributed by atoms with Crippen molar-refractivity contribution in [2.24, 2.45) is 7.05 Å². The van der Waals surface area contributed by atoms with Gasteiger partial charge in [0.2, 0.25) is 0 Å². The Morgan fingerprint density at radius 2 is 2.25 bits per heavy atom. The molecule has 114 valence electrons. The second-order valence-corrected chi connectivity index (χ2v) is 7.84. The van der Waals surface area contributed by atoms with Gasteiger partial charge in [-0.3, -0.25) is 4.68 Å². The first-order chi connectivity index (χ1) is 9.69. The summed E-state index contributed by atoms with van der Waals surface area (Å²) in [5.41, 5.74) is 1.17. The van der Waals surface area contributed by atoms with Gasteiger partial charge in [0.1, 0.15) is 0 Å². The van der Waals surface area contributed by atoms with Gasteiger partial charge in [0.05, 0.1) is 25.0 Å². The highest BCUT2D eigenvalue weighted by Crippen LogP contribution is 2.40. The summed E-state index contributed by atoms with van der Waals surface area (Å²) in [6.07, 6.45) is 2.96. The van der Waals surface area contributed by atoms with E-state index in [0.717, 1.165) is 18.7 Å². The summed E-state index contributed by atoms with van der Waals surface area (Å²) in [4.78, 5) is 0. The summed E-state index contributed by atoms with van der Waals surface area (Å²) in [5.74, 6) is 3.37. The molecule has 0 aliphatic carbocycles. The van der Waals surface area contributed by atoms with Crippen molar-refractivity contribution < 1.29 is 4.74 Å². The van der Waals surface area contributed by atoms with Crippen molar-refractivity contribution in [3.63, 3.8) is 0 Å². The lowest BCUT2D eigenvalue weighted by atomic mass is 10.1. The molecule has 1 aromatic rings. The van der Waals surface area contributed by atoms with Gasteiger partial charge in [-0.25, -0.2) is 0 Å². The zero-order valence-electron chi connectivity index (χ0n) is 12.8. The lowest BCUT2D eigenvalue weighted by Crippen LogP contribution is -2.39. The fourth-order valence-corrected chi connectivity index (χ4v) is 5.54. The highest BCUT2D eigenvalue weighted by Gasteiger charge is 2.34. The number of aryl methyl sites for hydroxylation is 1. The zero-order chi connectivity index (χ0) is 14.5. The Bertz CT molecular complexity index is 425. The fourth-order valence-electron chi connectivity index (χ4n) is 2.62. The van der Waals surface area contributed by atoms with Crippen molar-refractivity contribution in [2.75, 3.05) is 25.2 Å². The molecule has 3 unspecified atom stereocenters. The number of hydrogen-bond acceptors (Lipinski definition) is 5. The Kier molecular flexibility index (Phi) is 6.11. The quantitative estimate of drug-likeness (QED) is 0.874. The summed E-state index contributed by atoms with van der Waals surface area (Å²) in [6.45, 7) is 5.56. The molecule has 4 nitrogen and oxygen atoms in total. The van der Waals surface area contributed by atoms with E-state index in [1.807, 2.05) is 17.9 Å². The Hall–Kier alpha value is -0.330. The normalized spacial score (nSPS) is 24.6. The van der Waals surface area contributed by atoms with E-state index in [4.69, 9.17) is 4.74 Å². The first kappa shape index (κ1) is 16.0. The van der Waals surface area contributed by atoms with Gasteiger partial charge < -0.3 is 10.1 Å². The van der Waals surface area contributed by atoms with Crippen molar-refractivity contribution in [1.82, 2.24) is 15.1 Å². The number of ether oxygens (including phenoxy) is 1. The van der Waals surface area contributed by atoms with Gasteiger partial charge in [0.25, 0.3) is 0 Å². The Balaban J connectivity index is 2.28. The van der Waals surface area contributed by atoms with Crippen LogP contribution in [-0.2, 0) is 7.05 Å². The Morgan fingerprint density at radius 3 is 2.90 bits per heavy atom. The average Bonchev–Trinajstić information content (AvgIpc) is 2.82. The lowest BCUT2D eigenvalue weighted by molar-refractivity contribution is 0.390. The van der Waals surface area contributed by atoms with Gasteiger partial charge in [0.15, 0.2) is 5.75 Å². The van der Waals surface area contributed by atoms with Gasteiger partial charge in [-0.2, -0.15) is 28.6 Å². The molecule has 1 aliphatic rings. The van der Waals surface area contributed by atoms with E-state index in [1.165, 1.54) is 17.2 Å². The van der Waals surface area contributed by atoms with E-state index in [-0.39, 0.29) is 0 Å². The SMILES string of the molecule is CCCNC(c1c(OC)cnn1C)C1SCCSC1C. The molecule has 0 radical (unpaired) electrons. The standard InChI is InChI=1S/C14H25N3OS2/c1-5-6-15-12(14-10(2)19-7-8-20-14)13-11(18-4)9-16-17(13)3/h9-10,12,14-15H,5-8H2,1-4H3. The molecule has 1 fully saturated rings. The van der Waals surface area contributed by atoms with E-state index < -0.39 is 0 Å². The van der Waals surface area contributed by atoms with Crippen LogP contribution in [0.15, 0.2) is 6.20 Å². The second-order valence-electron chi connectivity index (χ2n) is 5.06. The van der Waals surface area contributed by atoms with Crippen LogP contribution in [0, 0.1) is 0 Å². The molecule has 3 atom stereocenters. The maximum absolute atomic E-state index is 5.51. The van der Waals surface area contributed by atoms with Crippen LogP contribution in [0.2, 0.25) is 0 Å². The number of hydrogen-bond donors (Lipinski definition) is 1. The molecule has 1 saturated heterocycles. The Morgan fingerprint density at radius 1 is 1.50 bits per heavy atom. The molecular weight excluding hydrogens is 290 g/mol. The van der Waals surface area contributed by atoms with Gasteiger partial charge in [-0.15, -0.1) is 0 Å². The van der Waals surface area contributed by atoms with Gasteiger partial charge in [0, 0.05) is 29.1 Å². The van der Waals surface area contributed by atoms with Crippen molar-refractivity contribution in [1.29, 1.82) is 0 Å². The van der Waals surface area contributed by atoms with Crippen molar-refractivity contribution in [2.45, 2.75) is 36.8 Å². The topological polar surface area (TPSA) is 39.1 Å². The molecule has 0 aromatic carbocycles. The molecule has 1 aliphatic heterocycles. The number of aromatic nitrogens is 2. The van der Waals surface area contributed by atoms with Crippen LogP contribution in [-0.4, -0.2) is 45.4 Å². The maximum atomic E-state index is 5.51. The third-order valence-electron chi connectivity index (χ3n) is 3.64. The fraction of sp³-hybridized carbons (Fsp3) is 0.786. The maximum Gasteiger partial charge on any atom is 0.161 e. The first-order valence-corrected chi connectivity index (χ1v) is 9.31. The van der Waals surface area contributed by atoms with E-state index >= 15 is 0 Å². The van der Waals surface area contributed by atoms with E-state index in [2.05, 4.69) is 47.8 Å². The molecule has 20 heavy (non-hydrogen) atoms. The number of methoxy groups -OCH3 is 1. The van der Waals surface area contributed by atoms with E-state index in [1.54, 1.807) is 7.11 Å². The number of nitrogens with zero attached hydrogens (tertiary/aromatic N) is 2. The average molecular weight is 316 g/mol.